The van der Waals surface area contributed by atoms with Crippen molar-refractivity contribution in [3.05, 3.63) is 34.5 Å². The lowest BCUT2D eigenvalue weighted by molar-refractivity contribution is -0.773. The number of nitrogens with one attached hydrogen (secondary N) is 2. The molecule has 1 aliphatic rings. The van der Waals surface area contributed by atoms with Crippen molar-refractivity contribution in [1.29, 1.82) is 0 Å². The van der Waals surface area contributed by atoms with Gasteiger partial charge in [0.25, 0.3) is 5.91 Å². The Morgan fingerprint density at radius 2 is 2.29 bits per heavy atom. The van der Waals surface area contributed by atoms with E-state index in [0.717, 1.165) is 0 Å². The van der Waals surface area contributed by atoms with E-state index in [9.17, 15) is 14.8 Å². The predicted octanol–water partition coefficient (Wildman–Crippen LogP) is 0.273. The van der Waals surface area contributed by atoms with Gasteiger partial charge in [-0.1, -0.05) is 0 Å². The van der Waals surface area contributed by atoms with Gasteiger partial charge in [-0.15, -0.1) is 0 Å². The minimum absolute atomic E-state index is 0.0443. The number of quaternary nitrogens is 1. The van der Waals surface area contributed by atoms with Gasteiger partial charge in [0.1, 0.15) is 5.56 Å². The molecule has 7 heteroatoms. The molecule has 0 radical (unpaired) electrons. The second kappa shape index (κ2) is 3.81. The summed E-state index contributed by atoms with van der Waals surface area (Å²) in [5, 5.41) is 23.1. The average Bonchev–Trinajstić information content (AvgIpc) is 2.33. The van der Waals surface area contributed by atoms with Crippen LogP contribution in [-0.4, -0.2) is 35.4 Å². The van der Waals surface area contributed by atoms with Crippen LogP contribution in [0.5, 0.6) is 0 Å². The number of rotatable bonds is 1. The number of hydrogen-bond acceptors (Lipinski definition) is 5. The molecule has 0 fully saturated rings. The highest BCUT2D eigenvalue weighted by molar-refractivity contribution is 6.01. The van der Waals surface area contributed by atoms with Gasteiger partial charge in [-0.05, 0) is 18.2 Å². The summed E-state index contributed by atoms with van der Waals surface area (Å²) in [5.74, 6) is -1.35. The van der Waals surface area contributed by atoms with E-state index in [1.54, 1.807) is 0 Å². The molecule has 0 aromatic heterocycles. The molecule has 1 aliphatic heterocycles. The lowest BCUT2D eigenvalue weighted by Crippen LogP contribution is -2.50. The summed E-state index contributed by atoms with van der Waals surface area (Å²) in [7, 11) is 1.23. The van der Waals surface area contributed by atoms with Crippen LogP contribution in [-0.2, 0) is 0 Å². The quantitative estimate of drug-likeness (QED) is 0.282. The van der Waals surface area contributed by atoms with Gasteiger partial charge >= 0.3 is 5.91 Å². The van der Waals surface area contributed by atoms with Crippen molar-refractivity contribution in [2.45, 2.75) is 0 Å². The molecule has 1 aromatic rings. The van der Waals surface area contributed by atoms with Crippen LogP contribution in [0, 0.1) is 5.21 Å². The van der Waals surface area contributed by atoms with Crippen LogP contribution in [0.1, 0.15) is 20.7 Å². The number of hydrogen-bond donors (Lipinski definition) is 3. The molecular weight excluding hydrogens is 226 g/mol. The number of nitrogens with zero attached hydrogens (tertiary/aromatic N) is 1. The van der Waals surface area contributed by atoms with Gasteiger partial charge < -0.3 is 10.5 Å². The molecule has 90 valence electrons. The molecule has 1 aromatic carbocycles. The Morgan fingerprint density at radius 1 is 1.59 bits per heavy atom. The second-order valence-electron chi connectivity index (χ2n) is 3.94. The van der Waals surface area contributed by atoms with Crippen LogP contribution >= 0.6 is 0 Å². The fraction of sp³-hybridized carbons (Fsp3) is 0.200. The number of benzene rings is 1. The monoisotopic (exact) mass is 237 g/mol. The molecule has 2 rings (SSSR count). The highest BCUT2D eigenvalue weighted by Gasteiger charge is 2.31. The first-order chi connectivity index (χ1) is 7.95. The maximum Gasteiger partial charge on any atom is 0.349 e. The van der Waals surface area contributed by atoms with Crippen molar-refractivity contribution < 1.29 is 19.4 Å². The Kier molecular flexibility index (Phi) is 2.58. The van der Waals surface area contributed by atoms with E-state index >= 15 is 0 Å². The molecule has 0 bridgehead atoms. The van der Waals surface area contributed by atoms with E-state index in [1.807, 2.05) is 0 Å². The maximum absolute atomic E-state index is 11.8. The first-order valence-electron chi connectivity index (χ1n) is 4.89. The summed E-state index contributed by atoms with van der Waals surface area (Å²) in [4.78, 5) is 23.0. The first kappa shape index (κ1) is 11.5. The van der Waals surface area contributed by atoms with E-state index in [-0.39, 0.29) is 17.8 Å². The predicted molar refractivity (Wildman–Crippen MR) is 58.1 cm³/mol. The molecule has 7 nitrogen and oxygen atoms in total. The fourth-order valence-electron chi connectivity index (χ4n) is 1.64. The van der Waals surface area contributed by atoms with E-state index in [1.165, 1.54) is 30.7 Å². The molecule has 0 spiro atoms. The van der Waals surface area contributed by atoms with Gasteiger partial charge in [-0.3, -0.25) is 14.6 Å². The molecule has 17 heavy (non-hydrogen) atoms. The first-order valence-corrected chi connectivity index (χ1v) is 4.89. The van der Waals surface area contributed by atoms with Gasteiger partial charge in [0, 0.05) is 5.56 Å². The number of carbonyl (C=O) groups is 2. The molecule has 0 saturated carbocycles. The highest BCUT2D eigenvalue weighted by Crippen LogP contribution is 2.26. The van der Waals surface area contributed by atoms with Crippen molar-refractivity contribution >= 4 is 17.5 Å². The number of fused-ring (bicyclic) bond motifs is 1. The zero-order valence-corrected chi connectivity index (χ0v) is 9.06. The zero-order chi connectivity index (χ0) is 12.6. The molecule has 1 heterocycles. The third-order valence-electron chi connectivity index (χ3n) is 2.61. The summed E-state index contributed by atoms with van der Waals surface area (Å²) < 4.78 is -1.07. The van der Waals surface area contributed by atoms with E-state index < -0.39 is 16.5 Å². The van der Waals surface area contributed by atoms with Crippen molar-refractivity contribution in [3.8, 4) is 0 Å². The van der Waals surface area contributed by atoms with E-state index in [4.69, 9.17) is 5.21 Å². The topological polar surface area (TPSA) is 101 Å². The summed E-state index contributed by atoms with van der Waals surface area (Å²) >= 11 is 0. The molecule has 2 amide bonds. The van der Waals surface area contributed by atoms with Crippen molar-refractivity contribution in [1.82, 2.24) is 5.48 Å². The van der Waals surface area contributed by atoms with E-state index in [0.29, 0.717) is 5.69 Å². The summed E-state index contributed by atoms with van der Waals surface area (Å²) in [6, 6.07) is 4.26. The number of anilines is 1. The zero-order valence-electron chi connectivity index (χ0n) is 9.06. The van der Waals surface area contributed by atoms with Crippen LogP contribution in [0.4, 0.5) is 5.69 Å². The van der Waals surface area contributed by atoms with Gasteiger partial charge in [0.15, 0.2) is 6.67 Å². The third-order valence-corrected chi connectivity index (χ3v) is 2.61. The smallest absolute Gasteiger partial charge is 0.349 e. The van der Waals surface area contributed by atoms with Gasteiger partial charge in [-0.2, -0.15) is 0 Å². The largest absolute Gasteiger partial charge is 0.624 e. The standard InChI is InChI=1S/C10H11N3O4/c1-13(17)5-11-8-3-2-6(9(14)12-16)4-7(8)10(13)15/h2-4,11,16H,5H2,1H3,(H,12,14). The molecule has 0 aliphatic carbocycles. The van der Waals surface area contributed by atoms with Gasteiger partial charge in [0.05, 0.1) is 12.7 Å². The van der Waals surface area contributed by atoms with Gasteiger partial charge in [-0.25, -0.2) is 10.3 Å². The lowest BCUT2D eigenvalue weighted by Gasteiger charge is -2.39. The highest BCUT2D eigenvalue weighted by atomic mass is 16.6. The Hall–Kier alpha value is -1.96. The van der Waals surface area contributed by atoms with E-state index in [2.05, 4.69) is 5.32 Å². The summed E-state index contributed by atoms with van der Waals surface area (Å²) in [6.45, 7) is -0.0443. The third kappa shape index (κ3) is 1.86. The van der Waals surface area contributed by atoms with Crippen LogP contribution in [0.15, 0.2) is 18.2 Å². The summed E-state index contributed by atoms with van der Waals surface area (Å²) in [6.07, 6.45) is 0. The Balaban J connectivity index is 2.48. The molecule has 1 atom stereocenters. The molecule has 1 unspecified atom stereocenters. The van der Waals surface area contributed by atoms with Crippen LogP contribution in [0.25, 0.3) is 0 Å². The number of amides is 2. The molecule has 3 N–H and O–H groups in total. The van der Waals surface area contributed by atoms with Crippen LogP contribution in [0.2, 0.25) is 0 Å². The Bertz CT molecular complexity index is 498. The second-order valence-corrected chi connectivity index (χ2v) is 3.94. The van der Waals surface area contributed by atoms with Gasteiger partial charge in [0.2, 0.25) is 0 Å². The SMILES string of the molecule is C[N+]1([O-])CNc2ccc(C(=O)NO)cc2C1=O. The Labute approximate surface area is 96.8 Å². The number of carbonyl (C=O) groups excluding carboxylic acids is 2. The normalized spacial score (nSPS) is 22.6. The lowest BCUT2D eigenvalue weighted by atomic mass is 10.1. The fourth-order valence-corrected chi connectivity index (χ4v) is 1.64. The molecule has 0 saturated heterocycles. The summed E-state index contributed by atoms with van der Waals surface area (Å²) in [5.41, 5.74) is 2.24. The average molecular weight is 237 g/mol. The maximum atomic E-state index is 11.8. The minimum Gasteiger partial charge on any atom is -0.624 e. The Morgan fingerprint density at radius 3 is 2.94 bits per heavy atom. The van der Waals surface area contributed by atoms with Crippen molar-refractivity contribution in [2.24, 2.45) is 0 Å². The van der Waals surface area contributed by atoms with Crippen molar-refractivity contribution in [2.75, 3.05) is 19.0 Å². The van der Waals surface area contributed by atoms with Crippen molar-refractivity contribution in [3.63, 3.8) is 0 Å². The van der Waals surface area contributed by atoms with Crippen LogP contribution < -0.4 is 10.8 Å². The molecular formula is C10H11N3O4. The number of hydroxylamine groups is 4. The van der Waals surface area contributed by atoms with Crippen LogP contribution in [0.3, 0.4) is 0 Å². The minimum atomic E-state index is -1.07.